The number of benzene rings is 1. The summed E-state index contributed by atoms with van der Waals surface area (Å²) in [5.41, 5.74) is 8.27. The first kappa shape index (κ1) is 12.1. The predicted molar refractivity (Wildman–Crippen MR) is 78.9 cm³/mol. The van der Waals surface area contributed by atoms with Crippen molar-refractivity contribution in [2.24, 2.45) is 0 Å². The van der Waals surface area contributed by atoms with Gasteiger partial charge < -0.3 is 0 Å². The fourth-order valence-corrected chi connectivity index (χ4v) is 2.64. The van der Waals surface area contributed by atoms with Gasteiger partial charge in [0.2, 0.25) is 0 Å². The van der Waals surface area contributed by atoms with Crippen molar-refractivity contribution in [3.63, 3.8) is 0 Å². The van der Waals surface area contributed by atoms with Crippen molar-refractivity contribution < 1.29 is 0 Å². The van der Waals surface area contributed by atoms with Gasteiger partial charge in [-0.3, -0.25) is 4.98 Å². The van der Waals surface area contributed by atoms with Crippen LogP contribution >= 0.6 is 0 Å². The SMILES string of the molecule is Cc1nc(C)c(/C=C2\CCc3ccccc32)nc1C. The molecule has 0 atom stereocenters. The number of allylic oxidation sites excluding steroid dienone is 1. The number of aromatic nitrogens is 2. The summed E-state index contributed by atoms with van der Waals surface area (Å²) >= 11 is 0. The highest BCUT2D eigenvalue weighted by molar-refractivity contribution is 5.84. The normalized spacial score (nSPS) is 15.8. The Morgan fingerprint density at radius 1 is 0.895 bits per heavy atom. The highest BCUT2D eigenvalue weighted by Crippen LogP contribution is 2.33. The second kappa shape index (κ2) is 4.61. The summed E-state index contributed by atoms with van der Waals surface area (Å²) in [5.74, 6) is 0. The highest BCUT2D eigenvalue weighted by Gasteiger charge is 2.16. The first-order valence-electron chi connectivity index (χ1n) is 6.76. The average Bonchev–Trinajstić information content (AvgIpc) is 2.80. The number of rotatable bonds is 1. The van der Waals surface area contributed by atoms with Crippen LogP contribution in [0.15, 0.2) is 24.3 Å². The van der Waals surface area contributed by atoms with Crippen molar-refractivity contribution >= 4 is 11.6 Å². The molecule has 2 aromatic rings. The van der Waals surface area contributed by atoms with E-state index in [9.17, 15) is 0 Å². The molecule has 0 spiro atoms. The van der Waals surface area contributed by atoms with Crippen molar-refractivity contribution in [2.45, 2.75) is 33.6 Å². The van der Waals surface area contributed by atoms with Gasteiger partial charge in [0, 0.05) is 0 Å². The molecule has 96 valence electrons. The summed E-state index contributed by atoms with van der Waals surface area (Å²) in [6.07, 6.45) is 4.45. The van der Waals surface area contributed by atoms with Gasteiger partial charge in [-0.25, -0.2) is 4.98 Å². The molecule has 2 nitrogen and oxygen atoms in total. The quantitative estimate of drug-likeness (QED) is 0.767. The Labute approximate surface area is 114 Å². The van der Waals surface area contributed by atoms with Crippen molar-refractivity contribution in [1.82, 2.24) is 9.97 Å². The van der Waals surface area contributed by atoms with Crippen molar-refractivity contribution in [3.05, 3.63) is 58.2 Å². The first-order chi connectivity index (χ1) is 9.15. The minimum atomic E-state index is 1.01. The van der Waals surface area contributed by atoms with Crippen LogP contribution < -0.4 is 0 Å². The van der Waals surface area contributed by atoms with Crippen LogP contribution in [0.4, 0.5) is 0 Å². The van der Waals surface area contributed by atoms with Crippen LogP contribution in [-0.2, 0) is 6.42 Å². The molecule has 1 aromatic heterocycles. The Bertz CT molecular complexity index is 669. The molecule has 0 unspecified atom stereocenters. The van der Waals surface area contributed by atoms with Crippen LogP contribution in [-0.4, -0.2) is 9.97 Å². The van der Waals surface area contributed by atoms with E-state index in [1.165, 1.54) is 16.7 Å². The molecule has 0 fully saturated rings. The predicted octanol–water partition coefficient (Wildman–Crippen LogP) is 3.89. The van der Waals surface area contributed by atoms with Crippen LogP contribution in [0.3, 0.4) is 0 Å². The summed E-state index contributed by atoms with van der Waals surface area (Å²) in [5, 5.41) is 0. The van der Waals surface area contributed by atoms with Gasteiger partial charge in [0.25, 0.3) is 0 Å². The molecule has 1 aromatic carbocycles. The van der Waals surface area contributed by atoms with Crippen molar-refractivity contribution in [3.8, 4) is 0 Å². The van der Waals surface area contributed by atoms with E-state index in [1.807, 2.05) is 20.8 Å². The lowest BCUT2D eigenvalue weighted by molar-refractivity contribution is 0.990. The molecule has 1 aliphatic carbocycles. The molecule has 0 saturated carbocycles. The zero-order chi connectivity index (χ0) is 13.4. The van der Waals surface area contributed by atoms with Gasteiger partial charge in [-0.2, -0.15) is 0 Å². The largest absolute Gasteiger partial charge is 0.254 e. The van der Waals surface area contributed by atoms with Gasteiger partial charge in [0.15, 0.2) is 0 Å². The summed E-state index contributed by atoms with van der Waals surface area (Å²) in [7, 11) is 0. The van der Waals surface area contributed by atoms with E-state index < -0.39 is 0 Å². The molecule has 0 bridgehead atoms. The lowest BCUT2D eigenvalue weighted by atomic mass is 10.1. The number of hydrogen-bond acceptors (Lipinski definition) is 2. The number of nitrogens with zero attached hydrogens (tertiary/aromatic N) is 2. The second-order valence-electron chi connectivity index (χ2n) is 5.19. The molecule has 0 radical (unpaired) electrons. The van der Waals surface area contributed by atoms with E-state index in [0.717, 1.165) is 35.6 Å². The maximum absolute atomic E-state index is 4.67. The summed E-state index contributed by atoms with van der Waals surface area (Å²) in [6, 6.07) is 8.65. The van der Waals surface area contributed by atoms with Gasteiger partial charge in [0.05, 0.1) is 22.8 Å². The van der Waals surface area contributed by atoms with Crippen LogP contribution in [0, 0.1) is 20.8 Å². The standard InChI is InChI=1S/C17H18N2/c1-11-12(2)19-17(13(3)18-11)10-15-9-8-14-6-4-5-7-16(14)15/h4-7,10H,8-9H2,1-3H3/b15-10+. The van der Waals surface area contributed by atoms with Gasteiger partial charge in [0.1, 0.15) is 0 Å². The minimum Gasteiger partial charge on any atom is -0.254 e. The molecule has 19 heavy (non-hydrogen) atoms. The maximum Gasteiger partial charge on any atom is 0.0848 e. The summed E-state index contributed by atoms with van der Waals surface area (Å²) in [4.78, 5) is 9.23. The third-order valence-electron chi connectivity index (χ3n) is 3.86. The fraction of sp³-hybridized carbons (Fsp3) is 0.294. The molecule has 0 aliphatic heterocycles. The van der Waals surface area contributed by atoms with Gasteiger partial charge in [-0.05, 0) is 56.4 Å². The highest BCUT2D eigenvalue weighted by atomic mass is 14.8. The molecule has 2 heteroatoms. The Balaban J connectivity index is 2.07. The van der Waals surface area contributed by atoms with E-state index >= 15 is 0 Å². The van der Waals surface area contributed by atoms with E-state index in [2.05, 4.69) is 40.3 Å². The van der Waals surface area contributed by atoms with E-state index in [-0.39, 0.29) is 0 Å². The maximum atomic E-state index is 4.67. The minimum absolute atomic E-state index is 1.01. The van der Waals surface area contributed by atoms with Crippen molar-refractivity contribution in [2.75, 3.05) is 0 Å². The van der Waals surface area contributed by atoms with E-state index in [4.69, 9.17) is 0 Å². The molecular formula is C17H18N2. The lowest BCUT2D eigenvalue weighted by Crippen LogP contribution is -1.99. The summed E-state index contributed by atoms with van der Waals surface area (Å²) in [6.45, 7) is 6.07. The zero-order valence-corrected chi connectivity index (χ0v) is 11.7. The van der Waals surface area contributed by atoms with E-state index in [1.54, 1.807) is 0 Å². The molecule has 0 amide bonds. The number of fused-ring (bicyclic) bond motifs is 1. The van der Waals surface area contributed by atoms with Crippen LogP contribution in [0.25, 0.3) is 11.6 Å². The number of aryl methyl sites for hydroxylation is 4. The van der Waals surface area contributed by atoms with Crippen molar-refractivity contribution in [1.29, 1.82) is 0 Å². The molecule has 1 aliphatic rings. The van der Waals surface area contributed by atoms with Crippen LogP contribution in [0.2, 0.25) is 0 Å². The molecule has 0 saturated heterocycles. The monoisotopic (exact) mass is 250 g/mol. The summed E-state index contributed by atoms with van der Waals surface area (Å²) < 4.78 is 0. The van der Waals surface area contributed by atoms with Gasteiger partial charge in [-0.1, -0.05) is 24.3 Å². The molecule has 1 heterocycles. The Hall–Kier alpha value is -1.96. The lowest BCUT2D eigenvalue weighted by Gasteiger charge is -2.06. The first-order valence-corrected chi connectivity index (χ1v) is 6.76. The number of hydrogen-bond donors (Lipinski definition) is 0. The topological polar surface area (TPSA) is 25.8 Å². The third kappa shape index (κ3) is 2.19. The second-order valence-corrected chi connectivity index (χ2v) is 5.19. The molecule has 0 N–H and O–H groups in total. The van der Waals surface area contributed by atoms with Gasteiger partial charge >= 0.3 is 0 Å². The fourth-order valence-electron chi connectivity index (χ4n) is 2.64. The third-order valence-corrected chi connectivity index (χ3v) is 3.86. The Kier molecular flexibility index (Phi) is 2.94. The average molecular weight is 250 g/mol. The zero-order valence-electron chi connectivity index (χ0n) is 11.7. The van der Waals surface area contributed by atoms with E-state index in [0.29, 0.717) is 0 Å². The molecular weight excluding hydrogens is 232 g/mol. The van der Waals surface area contributed by atoms with Crippen LogP contribution in [0.1, 0.15) is 40.3 Å². The Morgan fingerprint density at radius 2 is 1.63 bits per heavy atom. The molecule has 3 rings (SSSR count). The van der Waals surface area contributed by atoms with Crippen LogP contribution in [0.5, 0.6) is 0 Å². The van der Waals surface area contributed by atoms with Gasteiger partial charge in [-0.15, -0.1) is 0 Å². The Morgan fingerprint density at radius 3 is 2.47 bits per heavy atom. The smallest absolute Gasteiger partial charge is 0.0848 e.